The third kappa shape index (κ3) is 7.12. The van der Waals surface area contributed by atoms with E-state index in [2.05, 4.69) is 18.9 Å². The van der Waals surface area contributed by atoms with Crippen molar-refractivity contribution in [1.82, 2.24) is 14.7 Å². The fourth-order valence-corrected chi connectivity index (χ4v) is 1.84. The van der Waals surface area contributed by atoms with Gasteiger partial charge in [-0.15, -0.1) is 24.8 Å². The average Bonchev–Trinajstić information content (AvgIpc) is 2.71. The zero-order valence-electron chi connectivity index (χ0n) is 12.6. The number of amides is 1. The summed E-state index contributed by atoms with van der Waals surface area (Å²) in [5.41, 5.74) is 6.74. The van der Waals surface area contributed by atoms with E-state index < -0.39 is 0 Å². The highest BCUT2D eigenvalue weighted by atomic mass is 35.5. The fraction of sp³-hybridized carbons (Fsp3) is 0.692. The third-order valence-corrected chi connectivity index (χ3v) is 3.03. The summed E-state index contributed by atoms with van der Waals surface area (Å²) in [7, 11) is 3.71. The van der Waals surface area contributed by atoms with Gasteiger partial charge in [0.25, 0.3) is 0 Å². The molecule has 1 rings (SSSR count). The molecular formula is C13H26Cl2N4O. The first kappa shape index (κ1) is 21.5. The highest BCUT2D eigenvalue weighted by Gasteiger charge is 2.20. The number of rotatable bonds is 6. The summed E-state index contributed by atoms with van der Waals surface area (Å²) < 4.78 is 1.75. The van der Waals surface area contributed by atoms with Gasteiger partial charge in [-0.05, 0) is 23.9 Å². The number of halogens is 2. The molecule has 118 valence electrons. The molecule has 0 bridgehead atoms. The monoisotopic (exact) mass is 324 g/mol. The Hall–Kier alpha value is -0.780. The molecule has 0 radical (unpaired) electrons. The van der Waals surface area contributed by atoms with Crippen LogP contribution in [0.4, 0.5) is 0 Å². The Bertz CT molecular complexity index is 407. The van der Waals surface area contributed by atoms with Crippen LogP contribution in [0.3, 0.4) is 0 Å². The smallest absolute Gasteiger partial charge is 0.222 e. The molecule has 5 nitrogen and oxygen atoms in total. The van der Waals surface area contributed by atoms with E-state index in [0.717, 1.165) is 12.0 Å². The van der Waals surface area contributed by atoms with Crippen molar-refractivity contribution in [2.75, 3.05) is 20.1 Å². The first-order chi connectivity index (χ1) is 8.34. The fourth-order valence-electron chi connectivity index (χ4n) is 1.84. The number of hydrogen-bond donors (Lipinski definition) is 1. The maximum atomic E-state index is 12.0. The minimum atomic E-state index is -0.0291. The lowest BCUT2D eigenvalue weighted by atomic mass is 9.93. The van der Waals surface area contributed by atoms with Gasteiger partial charge >= 0.3 is 0 Å². The second-order valence-corrected chi connectivity index (χ2v) is 5.64. The summed E-state index contributed by atoms with van der Waals surface area (Å²) in [5, 5.41) is 4.09. The zero-order chi connectivity index (χ0) is 13.8. The standard InChI is InChI=1S/C13H24N4O.2ClH/c1-13(2,9-14)10-16(3)12(18)6-5-11-7-15-17(4)8-11;;/h7-8H,5-6,9-10,14H2,1-4H3;2*1H. The molecule has 0 unspecified atom stereocenters. The van der Waals surface area contributed by atoms with Crippen LogP contribution < -0.4 is 5.73 Å². The molecule has 0 saturated carbocycles. The number of aryl methyl sites for hydroxylation is 2. The lowest BCUT2D eigenvalue weighted by Crippen LogP contribution is -2.39. The summed E-state index contributed by atoms with van der Waals surface area (Å²) in [6.07, 6.45) is 5.00. The second-order valence-electron chi connectivity index (χ2n) is 5.64. The predicted molar refractivity (Wildman–Crippen MR) is 86.5 cm³/mol. The third-order valence-electron chi connectivity index (χ3n) is 3.03. The zero-order valence-corrected chi connectivity index (χ0v) is 14.3. The molecule has 0 atom stereocenters. The van der Waals surface area contributed by atoms with E-state index in [0.29, 0.717) is 19.5 Å². The molecule has 1 heterocycles. The average molecular weight is 325 g/mol. The van der Waals surface area contributed by atoms with Gasteiger partial charge in [0, 0.05) is 33.3 Å². The van der Waals surface area contributed by atoms with Gasteiger partial charge in [-0.25, -0.2) is 0 Å². The van der Waals surface area contributed by atoms with Crippen LogP contribution in [0, 0.1) is 5.41 Å². The number of aromatic nitrogens is 2. The molecule has 1 aromatic heterocycles. The number of nitrogens with zero attached hydrogens (tertiary/aromatic N) is 3. The summed E-state index contributed by atoms with van der Waals surface area (Å²) in [4.78, 5) is 13.7. The van der Waals surface area contributed by atoms with Crippen molar-refractivity contribution < 1.29 is 4.79 Å². The molecule has 0 spiro atoms. The molecule has 0 aliphatic heterocycles. The number of nitrogens with two attached hydrogens (primary N) is 1. The van der Waals surface area contributed by atoms with E-state index in [1.54, 1.807) is 15.8 Å². The molecule has 0 aliphatic carbocycles. The molecule has 2 N–H and O–H groups in total. The van der Waals surface area contributed by atoms with E-state index in [9.17, 15) is 4.79 Å². The van der Waals surface area contributed by atoms with Crippen LogP contribution in [0.15, 0.2) is 12.4 Å². The Labute approximate surface area is 133 Å². The van der Waals surface area contributed by atoms with Crippen molar-refractivity contribution in [3.05, 3.63) is 18.0 Å². The molecule has 0 aromatic carbocycles. The van der Waals surface area contributed by atoms with Crippen molar-refractivity contribution >= 4 is 30.7 Å². The number of hydrogen-bond acceptors (Lipinski definition) is 3. The number of carbonyl (C=O) groups is 1. The minimum absolute atomic E-state index is 0. The van der Waals surface area contributed by atoms with Gasteiger partial charge in [0.2, 0.25) is 5.91 Å². The van der Waals surface area contributed by atoms with Crippen molar-refractivity contribution in [1.29, 1.82) is 0 Å². The quantitative estimate of drug-likeness (QED) is 0.865. The Morgan fingerprint density at radius 3 is 2.50 bits per heavy atom. The van der Waals surface area contributed by atoms with Crippen molar-refractivity contribution in [3.8, 4) is 0 Å². The van der Waals surface area contributed by atoms with Crippen LogP contribution >= 0.6 is 24.8 Å². The molecule has 1 amide bonds. The Balaban J connectivity index is 0. The van der Waals surface area contributed by atoms with Crippen LogP contribution in [0.2, 0.25) is 0 Å². The highest BCUT2D eigenvalue weighted by molar-refractivity contribution is 5.85. The van der Waals surface area contributed by atoms with E-state index >= 15 is 0 Å². The van der Waals surface area contributed by atoms with E-state index in [1.807, 2.05) is 20.3 Å². The minimum Gasteiger partial charge on any atom is -0.345 e. The van der Waals surface area contributed by atoms with Gasteiger partial charge < -0.3 is 10.6 Å². The van der Waals surface area contributed by atoms with Crippen LogP contribution in [-0.4, -0.2) is 40.7 Å². The molecule has 7 heteroatoms. The summed E-state index contributed by atoms with van der Waals surface area (Å²) in [5.74, 6) is 0.153. The maximum absolute atomic E-state index is 12.0. The van der Waals surface area contributed by atoms with Crippen LogP contribution in [0.5, 0.6) is 0 Å². The highest BCUT2D eigenvalue weighted by Crippen LogP contribution is 2.14. The van der Waals surface area contributed by atoms with Gasteiger partial charge in [0.05, 0.1) is 6.20 Å². The van der Waals surface area contributed by atoms with Gasteiger partial charge in [-0.2, -0.15) is 5.10 Å². The first-order valence-corrected chi connectivity index (χ1v) is 6.25. The molecule has 0 aliphatic rings. The molecule has 0 saturated heterocycles. The van der Waals surface area contributed by atoms with Gasteiger partial charge in [0.15, 0.2) is 0 Å². The van der Waals surface area contributed by atoms with Crippen LogP contribution in [0.1, 0.15) is 25.8 Å². The largest absolute Gasteiger partial charge is 0.345 e. The van der Waals surface area contributed by atoms with Gasteiger partial charge in [-0.1, -0.05) is 13.8 Å². The predicted octanol–water partition coefficient (Wildman–Crippen LogP) is 1.64. The Morgan fingerprint density at radius 2 is 2.05 bits per heavy atom. The second kappa shape index (κ2) is 9.21. The first-order valence-electron chi connectivity index (χ1n) is 6.25. The van der Waals surface area contributed by atoms with Crippen LogP contribution in [-0.2, 0) is 18.3 Å². The molecule has 20 heavy (non-hydrogen) atoms. The molecular weight excluding hydrogens is 299 g/mol. The lowest BCUT2D eigenvalue weighted by molar-refractivity contribution is -0.131. The summed E-state index contributed by atoms with van der Waals surface area (Å²) in [6, 6.07) is 0. The van der Waals surface area contributed by atoms with E-state index in [4.69, 9.17) is 5.73 Å². The van der Waals surface area contributed by atoms with Crippen molar-refractivity contribution in [3.63, 3.8) is 0 Å². The van der Waals surface area contributed by atoms with Crippen molar-refractivity contribution in [2.45, 2.75) is 26.7 Å². The Morgan fingerprint density at radius 1 is 1.45 bits per heavy atom. The van der Waals surface area contributed by atoms with Crippen molar-refractivity contribution in [2.24, 2.45) is 18.2 Å². The lowest BCUT2D eigenvalue weighted by Gasteiger charge is -2.29. The number of carbonyl (C=O) groups excluding carboxylic acids is 1. The van der Waals surface area contributed by atoms with Crippen LogP contribution in [0.25, 0.3) is 0 Å². The topological polar surface area (TPSA) is 64.2 Å². The summed E-state index contributed by atoms with van der Waals surface area (Å²) >= 11 is 0. The maximum Gasteiger partial charge on any atom is 0.222 e. The normalized spacial score (nSPS) is 10.4. The molecule has 0 fully saturated rings. The van der Waals surface area contributed by atoms with Gasteiger partial charge in [0.1, 0.15) is 0 Å². The summed E-state index contributed by atoms with van der Waals surface area (Å²) in [6.45, 7) is 5.40. The SMILES string of the molecule is CN(CC(C)(C)CN)C(=O)CCc1cnn(C)c1.Cl.Cl. The van der Waals surface area contributed by atoms with Gasteiger partial charge in [-0.3, -0.25) is 9.48 Å². The Kier molecular flexibility index (Phi) is 9.91. The molecule has 1 aromatic rings. The van der Waals surface area contributed by atoms with E-state index in [-0.39, 0.29) is 36.1 Å². The van der Waals surface area contributed by atoms with E-state index in [1.165, 1.54) is 0 Å².